The zero-order chi connectivity index (χ0) is 22.2. The van der Waals surface area contributed by atoms with E-state index in [0.717, 1.165) is 16.7 Å². The van der Waals surface area contributed by atoms with Crippen LogP contribution in [0.2, 0.25) is 0 Å². The molecule has 0 unspecified atom stereocenters. The summed E-state index contributed by atoms with van der Waals surface area (Å²) in [4.78, 5) is 0.355. The van der Waals surface area contributed by atoms with Crippen molar-refractivity contribution in [3.63, 3.8) is 0 Å². The third-order valence-corrected chi connectivity index (χ3v) is 8.50. The fourth-order valence-electron chi connectivity index (χ4n) is 5.07. The van der Waals surface area contributed by atoms with Crippen molar-refractivity contribution in [2.24, 2.45) is 0 Å². The zero-order valence-electron chi connectivity index (χ0n) is 18.2. The average Bonchev–Trinajstić information content (AvgIpc) is 3.25. The summed E-state index contributed by atoms with van der Waals surface area (Å²) in [5.74, 6) is 0. The minimum absolute atomic E-state index is 0.355. The summed E-state index contributed by atoms with van der Waals surface area (Å²) in [7, 11) is -3.79. The molecule has 0 radical (unpaired) electrons. The molecule has 3 aromatic rings. The fourth-order valence-corrected chi connectivity index (χ4v) is 7.20. The quantitative estimate of drug-likeness (QED) is 0.632. The van der Waals surface area contributed by atoms with Gasteiger partial charge in [0.05, 0.1) is 10.9 Å². The summed E-state index contributed by atoms with van der Waals surface area (Å²) >= 11 is 0. The van der Waals surface area contributed by atoms with Gasteiger partial charge in [0.15, 0.2) is 0 Å². The summed E-state index contributed by atoms with van der Waals surface area (Å²) in [6.45, 7) is 6.05. The van der Waals surface area contributed by atoms with Crippen LogP contribution in [-0.2, 0) is 15.6 Å². The highest BCUT2D eigenvalue weighted by Gasteiger charge is 2.50. The van der Waals surface area contributed by atoms with E-state index < -0.39 is 21.7 Å². The second kappa shape index (κ2) is 8.23. The molecule has 0 bridgehead atoms. The normalized spacial score (nSPS) is 17.7. The number of hydrogen-bond acceptors (Lipinski definition) is 3. The highest BCUT2D eigenvalue weighted by molar-refractivity contribution is 7.89. The van der Waals surface area contributed by atoms with Crippen LogP contribution in [0.1, 0.15) is 40.7 Å². The third kappa shape index (κ3) is 3.71. The molecule has 3 aromatic carbocycles. The molecule has 1 aliphatic heterocycles. The van der Waals surface area contributed by atoms with Gasteiger partial charge in [-0.3, -0.25) is 0 Å². The van der Waals surface area contributed by atoms with Gasteiger partial charge in [0.25, 0.3) is 0 Å². The molecule has 31 heavy (non-hydrogen) atoms. The molecule has 1 atom stereocenters. The highest BCUT2D eigenvalue weighted by Crippen LogP contribution is 2.43. The van der Waals surface area contributed by atoms with Crippen LogP contribution in [-0.4, -0.2) is 30.4 Å². The Bertz CT molecular complexity index is 1110. The van der Waals surface area contributed by atoms with Crippen LogP contribution in [0.5, 0.6) is 0 Å². The molecule has 0 saturated carbocycles. The lowest BCUT2D eigenvalue weighted by Crippen LogP contribution is -2.50. The Morgan fingerprint density at radius 3 is 1.84 bits per heavy atom. The molecule has 0 aromatic heterocycles. The van der Waals surface area contributed by atoms with E-state index in [-0.39, 0.29) is 0 Å². The van der Waals surface area contributed by atoms with E-state index in [1.54, 1.807) is 0 Å². The van der Waals surface area contributed by atoms with E-state index in [0.29, 0.717) is 35.4 Å². The van der Waals surface area contributed by atoms with Gasteiger partial charge in [-0.05, 0) is 55.9 Å². The van der Waals surface area contributed by atoms with Crippen molar-refractivity contribution in [2.45, 2.75) is 50.2 Å². The second-order valence-electron chi connectivity index (χ2n) is 8.50. The molecule has 1 aliphatic rings. The van der Waals surface area contributed by atoms with Crippen molar-refractivity contribution in [1.82, 2.24) is 4.31 Å². The van der Waals surface area contributed by atoms with E-state index in [2.05, 4.69) is 0 Å². The number of nitrogens with zero attached hydrogens (tertiary/aromatic N) is 1. The van der Waals surface area contributed by atoms with Crippen molar-refractivity contribution in [1.29, 1.82) is 0 Å². The number of aliphatic hydroxyl groups is 1. The van der Waals surface area contributed by atoms with Crippen molar-refractivity contribution in [2.75, 3.05) is 6.54 Å². The van der Waals surface area contributed by atoms with Gasteiger partial charge in [0.1, 0.15) is 5.60 Å². The summed E-state index contributed by atoms with van der Waals surface area (Å²) in [6.07, 6.45) is 1.29. The molecule has 1 heterocycles. The summed E-state index contributed by atoms with van der Waals surface area (Å²) in [6, 6.07) is 22.0. The predicted molar refractivity (Wildman–Crippen MR) is 123 cm³/mol. The first-order valence-electron chi connectivity index (χ1n) is 10.7. The molecule has 4 rings (SSSR count). The Morgan fingerprint density at radius 2 is 1.35 bits per heavy atom. The number of aryl methyl sites for hydroxylation is 3. The van der Waals surface area contributed by atoms with Crippen LogP contribution in [0.4, 0.5) is 0 Å². The van der Waals surface area contributed by atoms with Gasteiger partial charge in [-0.1, -0.05) is 78.4 Å². The summed E-state index contributed by atoms with van der Waals surface area (Å²) in [5, 5.41) is 12.2. The molecular formula is C26H29NO3S. The summed E-state index contributed by atoms with van der Waals surface area (Å²) in [5.41, 5.74) is 2.48. The first kappa shape index (κ1) is 21.8. The zero-order valence-corrected chi connectivity index (χ0v) is 19.1. The standard InChI is InChI=1S/C26H29NO3S/c1-19-17-20(2)25(21(3)18-19)31(29,30)27-16-10-15-24(27)26(28,22-11-6-4-7-12-22)23-13-8-5-9-14-23/h4-9,11-14,17-18,24,28H,10,15-16H2,1-3H3/t24-/m0/s1. The largest absolute Gasteiger partial charge is 0.379 e. The van der Waals surface area contributed by atoms with Crippen LogP contribution >= 0.6 is 0 Å². The van der Waals surface area contributed by atoms with Crippen molar-refractivity contribution in [3.05, 3.63) is 101 Å². The summed E-state index contributed by atoms with van der Waals surface area (Å²) < 4.78 is 29.4. The van der Waals surface area contributed by atoms with Gasteiger partial charge >= 0.3 is 0 Å². The Kier molecular flexibility index (Phi) is 5.77. The lowest BCUT2D eigenvalue weighted by molar-refractivity contribution is 0.0204. The third-order valence-electron chi connectivity index (χ3n) is 6.29. The molecule has 0 amide bonds. The molecule has 4 nitrogen and oxygen atoms in total. The highest BCUT2D eigenvalue weighted by atomic mass is 32.2. The SMILES string of the molecule is Cc1cc(C)c(S(=O)(=O)N2CCC[C@H]2C(O)(c2ccccc2)c2ccccc2)c(C)c1. The van der Waals surface area contributed by atoms with Crippen LogP contribution < -0.4 is 0 Å². The van der Waals surface area contributed by atoms with Gasteiger partial charge in [-0.15, -0.1) is 0 Å². The molecule has 1 fully saturated rings. The smallest absolute Gasteiger partial charge is 0.243 e. The lowest BCUT2D eigenvalue weighted by atomic mass is 9.79. The number of rotatable bonds is 5. The Hall–Kier alpha value is -2.47. The van der Waals surface area contributed by atoms with Gasteiger partial charge < -0.3 is 5.11 Å². The second-order valence-corrected chi connectivity index (χ2v) is 10.3. The van der Waals surface area contributed by atoms with Crippen molar-refractivity contribution in [3.8, 4) is 0 Å². The molecule has 1 N–H and O–H groups in total. The van der Waals surface area contributed by atoms with Crippen LogP contribution in [0.15, 0.2) is 77.7 Å². The number of sulfonamides is 1. The van der Waals surface area contributed by atoms with E-state index in [1.165, 1.54) is 4.31 Å². The maximum atomic E-state index is 13.9. The maximum Gasteiger partial charge on any atom is 0.243 e. The minimum Gasteiger partial charge on any atom is -0.379 e. The topological polar surface area (TPSA) is 57.6 Å². The van der Waals surface area contributed by atoms with Crippen molar-refractivity contribution >= 4 is 10.0 Å². The molecule has 0 spiro atoms. The van der Waals surface area contributed by atoms with E-state index in [9.17, 15) is 13.5 Å². The Morgan fingerprint density at radius 1 is 0.871 bits per heavy atom. The maximum absolute atomic E-state index is 13.9. The van der Waals surface area contributed by atoms with Gasteiger partial charge in [-0.2, -0.15) is 4.31 Å². The van der Waals surface area contributed by atoms with E-state index in [1.807, 2.05) is 93.6 Å². The Balaban J connectivity index is 1.88. The number of hydrogen-bond donors (Lipinski definition) is 1. The first-order chi connectivity index (χ1) is 14.8. The van der Waals surface area contributed by atoms with Crippen LogP contribution in [0, 0.1) is 20.8 Å². The van der Waals surface area contributed by atoms with Crippen LogP contribution in [0.3, 0.4) is 0 Å². The number of benzene rings is 3. The minimum atomic E-state index is -3.79. The molecule has 162 valence electrons. The Labute approximate surface area is 185 Å². The molecule has 1 saturated heterocycles. The van der Waals surface area contributed by atoms with Gasteiger partial charge in [0, 0.05) is 6.54 Å². The monoisotopic (exact) mass is 435 g/mol. The lowest BCUT2D eigenvalue weighted by Gasteiger charge is -2.39. The average molecular weight is 436 g/mol. The molecule has 0 aliphatic carbocycles. The van der Waals surface area contributed by atoms with Gasteiger partial charge in [0.2, 0.25) is 10.0 Å². The predicted octanol–water partition coefficient (Wildman–Crippen LogP) is 4.70. The van der Waals surface area contributed by atoms with E-state index in [4.69, 9.17) is 0 Å². The van der Waals surface area contributed by atoms with Crippen LogP contribution in [0.25, 0.3) is 0 Å². The first-order valence-corrected chi connectivity index (χ1v) is 12.1. The molecule has 5 heteroatoms. The van der Waals surface area contributed by atoms with Gasteiger partial charge in [-0.25, -0.2) is 8.42 Å². The molecular weight excluding hydrogens is 406 g/mol. The van der Waals surface area contributed by atoms with Crippen molar-refractivity contribution < 1.29 is 13.5 Å². The fraction of sp³-hybridized carbons (Fsp3) is 0.308. The van der Waals surface area contributed by atoms with E-state index >= 15 is 0 Å².